The van der Waals surface area contributed by atoms with Gasteiger partial charge < -0.3 is 10.5 Å². The van der Waals surface area contributed by atoms with Crippen LogP contribution in [0.5, 0.6) is 5.75 Å². The van der Waals surface area contributed by atoms with E-state index in [2.05, 4.69) is 13.0 Å². The van der Waals surface area contributed by atoms with E-state index < -0.39 is 0 Å². The second-order valence-corrected chi connectivity index (χ2v) is 5.32. The zero-order chi connectivity index (χ0) is 12.3. The molecule has 0 spiro atoms. The number of para-hydroxylation sites is 1. The first-order chi connectivity index (χ1) is 8.16. The smallest absolute Gasteiger partial charge is 0.123 e. The summed E-state index contributed by atoms with van der Waals surface area (Å²) in [6, 6.07) is 8.15. The Morgan fingerprint density at radius 3 is 2.47 bits per heavy atom. The van der Waals surface area contributed by atoms with E-state index in [4.69, 9.17) is 10.5 Å². The van der Waals surface area contributed by atoms with Crippen LogP contribution in [0.4, 0.5) is 0 Å². The van der Waals surface area contributed by atoms with Gasteiger partial charge in [-0.2, -0.15) is 0 Å². The fourth-order valence-electron chi connectivity index (χ4n) is 3.01. The Labute approximate surface area is 104 Å². The third kappa shape index (κ3) is 2.47. The Bertz CT molecular complexity index is 367. The normalized spacial score (nSPS) is 20.9. The van der Waals surface area contributed by atoms with E-state index in [9.17, 15) is 0 Å². The minimum atomic E-state index is -0.271. The van der Waals surface area contributed by atoms with E-state index in [1.165, 1.54) is 32.1 Å². The zero-order valence-corrected chi connectivity index (χ0v) is 10.9. The van der Waals surface area contributed by atoms with Gasteiger partial charge in [0.1, 0.15) is 5.75 Å². The van der Waals surface area contributed by atoms with Crippen molar-refractivity contribution in [2.75, 3.05) is 7.11 Å². The number of ether oxygens (including phenoxy) is 1. The lowest BCUT2D eigenvalue weighted by Gasteiger charge is -2.38. The van der Waals surface area contributed by atoms with Crippen LogP contribution in [0.2, 0.25) is 0 Å². The van der Waals surface area contributed by atoms with Crippen LogP contribution in [0.15, 0.2) is 24.3 Å². The number of methoxy groups -OCH3 is 1. The summed E-state index contributed by atoms with van der Waals surface area (Å²) in [4.78, 5) is 0. The van der Waals surface area contributed by atoms with Crippen LogP contribution in [0.25, 0.3) is 0 Å². The van der Waals surface area contributed by atoms with Crippen LogP contribution < -0.4 is 10.5 Å². The predicted octanol–water partition coefficient (Wildman–Crippen LogP) is 3.45. The summed E-state index contributed by atoms with van der Waals surface area (Å²) < 4.78 is 5.44. The van der Waals surface area contributed by atoms with E-state index in [0.29, 0.717) is 5.92 Å². The minimum Gasteiger partial charge on any atom is -0.496 e. The summed E-state index contributed by atoms with van der Waals surface area (Å²) in [6.45, 7) is 2.15. The van der Waals surface area contributed by atoms with Crippen molar-refractivity contribution >= 4 is 0 Å². The van der Waals surface area contributed by atoms with Gasteiger partial charge in [0.05, 0.1) is 7.11 Å². The van der Waals surface area contributed by atoms with Crippen LogP contribution in [-0.4, -0.2) is 7.11 Å². The Hall–Kier alpha value is -1.02. The number of hydrogen-bond acceptors (Lipinski definition) is 2. The molecule has 1 aromatic rings. The largest absolute Gasteiger partial charge is 0.496 e. The molecule has 0 aromatic heterocycles. The van der Waals surface area contributed by atoms with Crippen LogP contribution in [-0.2, 0) is 5.54 Å². The Morgan fingerprint density at radius 2 is 1.82 bits per heavy atom. The summed E-state index contributed by atoms with van der Waals surface area (Å²) in [7, 11) is 1.72. The van der Waals surface area contributed by atoms with E-state index >= 15 is 0 Å². The second kappa shape index (κ2) is 5.09. The number of rotatable bonds is 3. The average Bonchev–Trinajstić information content (AvgIpc) is 2.39. The van der Waals surface area contributed by atoms with Crippen molar-refractivity contribution in [3.63, 3.8) is 0 Å². The molecule has 0 bridgehead atoms. The van der Waals surface area contributed by atoms with E-state index in [-0.39, 0.29) is 5.54 Å². The summed E-state index contributed by atoms with van der Waals surface area (Å²) in [6.07, 6.45) is 6.47. The van der Waals surface area contributed by atoms with Gasteiger partial charge in [-0.15, -0.1) is 0 Å². The molecule has 1 atom stereocenters. The van der Waals surface area contributed by atoms with E-state index in [1.807, 2.05) is 18.2 Å². The van der Waals surface area contributed by atoms with E-state index in [1.54, 1.807) is 7.11 Å². The van der Waals surface area contributed by atoms with Crippen LogP contribution >= 0.6 is 0 Å². The Morgan fingerprint density at radius 1 is 1.18 bits per heavy atom. The van der Waals surface area contributed by atoms with Crippen molar-refractivity contribution in [2.24, 2.45) is 11.7 Å². The summed E-state index contributed by atoms with van der Waals surface area (Å²) in [5.41, 5.74) is 7.49. The average molecular weight is 233 g/mol. The third-order valence-electron chi connectivity index (χ3n) is 4.14. The van der Waals surface area contributed by atoms with Crippen molar-refractivity contribution in [1.82, 2.24) is 0 Å². The third-order valence-corrected chi connectivity index (χ3v) is 4.14. The van der Waals surface area contributed by atoms with Gasteiger partial charge in [-0.1, -0.05) is 37.5 Å². The predicted molar refractivity (Wildman–Crippen MR) is 71.1 cm³/mol. The van der Waals surface area contributed by atoms with Gasteiger partial charge in [0.2, 0.25) is 0 Å². The highest BCUT2D eigenvalue weighted by molar-refractivity contribution is 5.39. The zero-order valence-electron chi connectivity index (χ0n) is 10.9. The lowest BCUT2D eigenvalue weighted by molar-refractivity contribution is 0.219. The molecule has 2 rings (SSSR count). The number of benzene rings is 1. The van der Waals surface area contributed by atoms with Gasteiger partial charge in [-0.05, 0) is 31.7 Å². The summed E-state index contributed by atoms with van der Waals surface area (Å²) >= 11 is 0. The van der Waals surface area contributed by atoms with Gasteiger partial charge >= 0.3 is 0 Å². The Balaban J connectivity index is 2.29. The lowest BCUT2D eigenvalue weighted by Crippen LogP contribution is -2.42. The van der Waals surface area contributed by atoms with Crippen molar-refractivity contribution < 1.29 is 4.74 Å². The minimum absolute atomic E-state index is 0.271. The first kappa shape index (κ1) is 12.4. The topological polar surface area (TPSA) is 35.2 Å². The molecule has 1 saturated carbocycles. The maximum absolute atomic E-state index is 6.61. The standard InChI is InChI=1S/C15H23NO/c1-15(16,12-8-4-3-5-9-12)13-10-6-7-11-14(13)17-2/h6-7,10-12H,3-5,8-9,16H2,1-2H3. The SMILES string of the molecule is COc1ccccc1C(C)(N)C1CCCCC1. The van der Waals surface area contributed by atoms with Crippen LogP contribution in [0, 0.1) is 5.92 Å². The molecule has 0 radical (unpaired) electrons. The first-order valence-corrected chi connectivity index (χ1v) is 6.58. The van der Waals surface area contributed by atoms with Gasteiger partial charge in [-0.3, -0.25) is 0 Å². The molecule has 2 heteroatoms. The maximum Gasteiger partial charge on any atom is 0.123 e. The molecular formula is C15H23NO. The van der Waals surface area contributed by atoms with Crippen molar-refractivity contribution in [1.29, 1.82) is 0 Å². The fraction of sp³-hybridized carbons (Fsp3) is 0.600. The van der Waals surface area contributed by atoms with Gasteiger partial charge in [0.15, 0.2) is 0 Å². The molecule has 1 unspecified atom stereocenters. The molecule has 1 aliphatic rings. The van der Waals surface area contributed by atoms with E-state index in [0.717, 1.165) is 11.3 Å². The monoisotopic (exact) mass is 233 g/mol. The first-order valence-electron chi connectivity index (χ1n) is 6.58. The summed E-state index contributed by atoms with van der Waals surface area (Å²) in [5.74, 6) is 1.50. The van der Waals surface area contributed by atoms with Crippen LogP contribution in [0.1, 0.15) is 44.6 Å². The molecule has 1 aromatic carbocycles. The van der Waals surface area contributed by atoms with Crippen molar-refractivity contribution in [2.45, 2.75) is 44.6 Å². The van der Waals surface area contributed by atoms with Gasteiger partial charge in [0, 0.05) is 11.1 Å². The maximum atomic E-state index is 6.61. The molecule has 94 valence electrons. The van der Waals surface area contributed by atoms with Crippen molar-refractivity contribution in [3.8, 4) is 5.75 Å². The molecule has 1 fully saturated rings. The molecule has 0 amide bonds. The highest BCUT2D eigenvalue weighted by Crippen LogP contribution is 2.40. The van der Waals surface area contributed by atoms with Gasteiger partial charge in [0.25, 0.3) is 0 Å². The molecule has 1 aliphatic carbocycles. The Kier molecular flexibility index (Phi) is 3.72. The number of hydrogen-bond donors (Lipinski definition) is 1. The quantitative estimate of drug-likeness (QED) is 0.868. The fourth-order valence-corrected chi connectivity index (χ4v) is 3.01. The molecule has 0 aliphatic heterocycles. The van der Waals surface area contributed by atoms with Gasteiger partial charge in [-0.25, -0.2) is 0 Å². The highest BCUT2D eigenvalue weighted by Gasteiger charge is 2.34. The summed E-state index contributed by atoms with van der Waals surface area (Å²) in [5, 5.41) is 0. The molecule has 2 N–H and O–H groups in total. The second-order valence-electron chi connectivity index (χ2n) is 5.32. The number of nitrogens with two attached hydrogens (primary N) is 1. The molecule has 0 saturated heterocycles. The molecular weight excluding hydrogens is 210 g/mol. The van der Waals surface area contributed by atoms with Crippen molar-refractivity contribution in [3.05, 3.63) is 29.8 Å². The molecule has 17 heavy (non-hydrogen) atoms. The highest BCUT2D eigenvalue weighted by atomic mass is 16.5. The lowest BCUT2D eigenvalue weighted by atomic mass is 9.72. The molecule has 2 nitrogen and oxygen atoms in total. The molecule has 0 heterocycles. The van der Waals surface area contributed by atoms with Crippen LogP contribution in [0.3, 0.4) is 0 Å².